The van der Waals surface area contributed by atoms with Crippen molar-refractivity contribution in [3.8, 4) is 17.2 Å². The smallest absolute Gasteiger partial charge is 0.170 e. The van der Waals surface area contributed by atoms with Crippen LogP contribution in [0.3, 0.4) is 0 Å². The number of ketones is 1. The number of quaternary nitrogens is 1. The van der Waals surface area contributed by atoms with Crippen molar-refractivity contribution in [3.05, 3.63) is 17.7 Å². The van der Waals surface area contributed by atoms with Gasteiger partial charge in [-0.1, -0.05) is 6.92 Å². The minimum atomic E-state index is 0.0656. The first-order chi connectivity index (χ1) is 11.6. The Hall–Kier alpha value is -1.75. The molecule has 0 amide bonds. The Morgan fingerprint density at radius 1 is 1.17 bits per heavy atom. The third-order valence-corrected chi connectivity index (χ3v) is 4.79. The molecule has 2 atom stereocenters. The van der Waals surface area contributed by atoms with E-state index in [9.17, 15) is 4.79 Å². The molecule has 1 aromatic carbocycles. The number of hydrogen-bond donors (Lipinski definition) is 1. The number of hydrogen-bond acceptors (Lipinski definition) is 4. The lowest BCUT2D eigenvalue weighted by Crippen LogP contribution is -3.13. The molecule has 0 spiro atoms. The van der Waals surface area contributed by atoms with Gasteiger partial charge in [0.05, 0.1) is 41.0 Å². The SMILES string of the molecule is COc1cc(OC)c(C(=O)CCC[NH+]2CCC[C@H](C)C2)c(OC)c1. The first-order valence-corrected chi connectivity index (χ1v) is 8.75. The minimum absolute atomic E-state index is 0.0656. The van der Waals surface area contributed by atoms with E-state index < -0.39 is 0 Å². The van der Waals surface area contributed by atoms with Crippen molar-refractivity contribution >= 4 is 5.78 Å². The van der Waals surface area contributed by atoms with E-state index in [0.29, 0.717) is 29.2 Å². The lowest BCUT2D eigenvalue weighted by molar-refractivity contribution is -0.908. The first-order valence-electron chi connectivity index (χ1n) is 8.75. The van der Waals surface area contributed by atoms with E-state index in [4.69, 9.17) is 14.2 Å². The highest BCUT2D eigenvalue weighted by molar-refractivity contribution is 6.01. The number of likely N-dealkylation sites (tertiary alicyclic amines) is 1. The van der Waals surface area contributed by atoms with Gasteiger partial charge in [-0.2, -0.15) is 0 Å². The Labute approximate surface area is 144 Å². The second-order valence-electron chi connectivity index (χ2n) is 6.64. The maximum atomic E-state index is 12.7. The molecule has 1 saturated heterocycles. The molecule has 1 aromatic rings. The number of methoxy groups -OCH3 is 3. The minimum Gasteiger partial charge on any atom is -0.496 e. The van der Waals surface area contributed by atoms with Crippen LogP contribution in [0.4, 0.5) is 0 Å². The van der Waals surface area contributed by atoms with Gasteiger partial charge in [0.1, 0.15) is 22.8 Å². The van der Waals surface area contributed by atoms with Gasteiger partial charge >= 0.3 is 0 Å². The van der Waals surface area contributed by atoms with E-state index in [-0.39, 0.29) is 5.78 Å². The molecule has 5 heteroatoms. The summed E-state index contributed by atoms with van der Waals surface area (Å²) in [5.41, 5.74) is 0.516. The Balaban J connectivity index is 2.00. The number of nitrogens with one attached hydrogen (secondary N) is 1. The standard InChI is InChI=1S/C19H29NO4/c1-14-7-5-9-20(13-14)10-6-8-16(21)19-17(23-3)11-15(22-2)12-18(19)24-4/h11-12,14H,5-10,13H2,1-4H3/p+1/t14-/m0/s1. The zero-order valence-corrected chi connectivity index (χ0v) is 15.3. The third-order valence-electron chi connectivity index (χ3n) is 4.79. The number of piperidine rings is 1. The van der Waals surface area contributed by atoms with Crippen LogP contribution in [-0.4, -0.2) is 46.7 Å². The lowest BCUT2D eigenvalue weighted by Gasteiger charge is -2.27. The molecule has 1 heterocycles. The van der Waals surface area contributed by atoms with Crippen LogP contribution in [0.15, 0.2) is 12.1 Å². The van der Waals surface area contributed by atoms with Crippen LogP contribution in [0, 0.1) is 5.92 Å². The Kier molecular flexibility index (Phi) is 6.91. The van der Waals surface area contributed by atoms with Gasteiger partial charge in [-0.25, -0.2) is 0 Å². The zero-order valence-electron chi connectivity index (χ0n) is 15.3. The number of carbonyl (C=O) groups is 1. The monoisotopic (exact) mass is 336 g/mol. The molecule has 1 fully saturated rings. The van der Waals surface area contributed by atoms with Crippen molar-refractivity contribution in [2.75, 3.05) is 41.0 Å². The summed E-state index contributed by atoms with van der Waals surface area (Å²) in [6.07, 6.45) is 4.03. The fourth-order valence-electron chi connectivity index (χ4n) is 3.53. The van der Waals surface area contributed by atoms with Crippen LogP contribution >= 0.6 is 0 Å². The maximum absolute atomic E-state index is 12.7. The molecule has 1 aliphatic rings. The quantitative estimate of drug-likeness (QED) is 0.738. The van der Waals surface area contributed by atoms with E-state index >= 15 is 0 Å². The fraction of sp³-hybridized carbons (Fsp3) is 0.632. The van der Waals surface area contributed by atoms with Gasteiger partial charge in [0.2, 0.25) is 0 Å². The van der Waals surface area contributed by atoms with E-state index in [1.54, 1.807) is 38.4 Å². The molecule has 0 bridgehead atoms. The van der Waals surface area contributed by atoms with Crippen molar-refractivity contribution in [3.63, 3.8) is 0 Å². The van der Waals surface area contributed by atoms with Gasteiger partial charge in [-0.05, 0) is 12.8 Å². The summed E-state index contributed by atoms with van der Waals surface area (Å²) < 4.78 is 16.0. The highest BCUT2D eigenvalue weighted by Crippen LogP contribution is 2.35. The molecule has 5 nitrogen and oxygen atoms in total. The van der Waals surface area contributed by atoms with Crippen LogP contribution in [0.2, 0.25) is 0 Å². The summed E-state index contributed by atoms with van der Waals surface area (Å²) in [4.78, 5) is 14.3. The predicted molar refractivity (Wildman–Crippen MR) is 93.6 cm³/mol. The summed E-state index contributed by atoms with van der Waals surface area (Å²) in [7, 11) is 4.70. The number of benzene rings is 1. The fourth-order valence-corrected chi connectivity index (χ4v) is 3.53. The zero-order chi connectivity index (χ0) is 17.5. The molecule has 134 valence electrons. The number of Topliss-reactive ketones (excluding diaryl/α,β-unsaturated/α-hetero) is 1. The average Bonchev–Trinajstić information content (AvgIpc) is 2.60. The van der Waals surface area contributed by atoms with Gasteiger partial charge < -0.3 is 19.1 Å². The molecule has 24 heavy (non-hydrogen) atoms. The molecule has 1 N–H and O–H groups in total. The highest BCUT2D eigenvalue weighted by atomic mass is 16.5. The molecule has 0 aliphatic carbocycles. The van der Waals surface area contributed by atoms with Gasteiger partial charge in [0.25, 0.3) is 0 Å². The molecular weight excluding hydrogens is 306 g/mol. The summed E-state index contributed by atoms with van der Waals surface area (Å²) in [6.45, 7) is 5.82. The van der Waals surface area contributed by atoms with Crippen LogP contribution in [0.25, 0.3) is 0 Å². The maximum Gasteiger partial charge on any atom is 0.170 e. The van der Waals surface area contributed by atoms with Crippen molar-refractivity contribution in [1.82, 2.24) is 0 Å². The predicted octanol–water partition coefficient (Wildman–Crippen LogP) is 1.99. The van der Waals surface area contributed by atoms with Crippen LogP contribution < -0.4 is 19.1 Å². The number of ether oxygens (including phenoxy) is 3. The van der Waals surface area contributed by atoms with Crippen LogP contribution in [0.1, 0.15) is 43.0 Å². The molecule has 0 saturated carbocycles. The molecule has 2 rings (SSSR count). The van der Waals surface area contributed by atoms with E-state index in [1.165, 1.54) is 25.9 Å². The van der Waals surface area contributed by atoms with Crippen molar-refractivity contribution in [1.29, 1.82) is 0 Å². The van der Waals surface area contributed by atoms with Crippen LogP contribution in [-0.2, 0) is 0 Å². The topological polar surface area (TPSA) is 49.2 Å². The normalized spacial score (nSPS) is 20.5. The lowest BCUT2D eigenvalue weighted by atomic mass is 9.99. The van der Waals surface area contributed by atoms with Gasteiger partial charge in [0.15, 0.2) is 5.78 Å². The Morgan fingerprint density at radius 2 is 1.83 bits per heavy atom. The second-order valence-corrected chi connectivity index (χ2v) is 6.64. The number of rotatable bonds is 8. The van der Waals surface area contributed by atoms with Crippen molar-refractivity contribution in [2.45, 2.75) is 32.6 Å². The van der Waals surface area contributed by atoms with Crippen molar-refractivity contribution in [2.24, 2.45) is 5.92 Å². The van der Waals surface area contributed by atoms with Gasteiger partial charge in [-0.3, -0.25) is 4.79 Å². The molecular formula is C19H30NO4+. The first kappa shape index (κ1) is 18.6. The van der Waals surface area contributed by atoms with Crippen LogP contribution in [0.5, 0.6) is 17.2 Å². The molecule has 1 aliphatic heterocycles. The largest absolute Gasteiger partial charge is 0.496 e. The molecule has 0 radical (unpaired) electrons. The van der Waals surface area contributed by atoms with Gasteiger partial charge in [-0.15, -0.1) is 0 Å². The van der Waals surface area contributed by atoms with E-state index in [0.717, 1.165) is 18.9 Å². The highest BCUT2D eigenvalue weighted by Gasteiger charge is 2.22. The molecule has 1 unspecified atom stereocenters. The third kappa shape index (κ3) is 4.63. The summed E-state index contributed by atoms with van der Waals surface area (Å²) in [6, 6.07) is 3.46. The number of carbonyl (C=O) groups excluding carboxylic acids is 1. The molecule has 0 aromatic heterocycles. The Bertz CT molecular complexity index is 533. The Morgan fingerprint density at radius 3 is 2.38 bits per heavy atom. The summed E-state index contributed by atoms with van der Waals surface area (Å²) in [5, 5.41) is 0. The summed E-state index contributed by atoms with van der Waals surface area (Å²) >= 11 is 0. The van der Waals surface area contributed by atoms with Gasteiger partial charge in [0, 0.05) is 30.9 Å². The summed E-state index contributed by atoms with van der Waals surface area (Å²) in [5.74, 6) is 2.50. The van der Waals surface area contributed by atoms with E-state index in [1.807, 2.05) is 0 Å². The van der Waals surface area contributed by atoms with Crippen molar-refractivity contribution < 1.29 is 23.9 Å². The van der Waals surface area contributed by atoms with E-state index in [2.05, 4.69) is 6.92 Å². The average molecular weight is 336 g/mol. The second kappa shape index (κ2) is 8.92.